The van der Waals surface area contributed by atoms with Crippen molar-refractivity contribution in [1.29, 1.82) is 0 Å². The first-order valence-corrected chi connectivity index (χ1v) is 7.14. The van der Waals surface area contributed by atoms with Crippen LogP contribution >= 0.6 is 0 Å². The monoisotopic (exact) mass is 290 g/mol. The molecule has 0 bridgehead atoms. The Balaban J connectivity index is 2.57. The number of esters is 1. The van der Waals surface area contributed by atoms with E-state index in [0.717, 1.165) is 4.31 Å². The van der Waals surface area contributed by atoms with Crippen molar-refractivity contribution in [2.75, 3.05) is 20.7 Å². The van der Waals surface area contributed by atoms with E-state index in [-0.39, 0.29) is 13.0 Å². The summed E-state index contributed by atoms with van der Waals surface area (Å²) in [5.41, 5.74) is 0. The normalized spacial score (nSPS) is 13.5. The van der Waals surface area contributed by atoms with Crippen molar-refractivity contribution in [3.05, 3.63) is 24.2 Å². The second-order valence-corrected chi connectivity index (χ2v) is 5.82. The van der Waals surface area contributed by atoms with Crippen LogP contribution in [0.1, 0.15) is 25.1 Å². The summed E-state index contributed by atoms with van der Waals surface area (Å²) in [6, 6.07) is 2.88. The lowest BCUT2D eigenvalue weighted by atomic mass is 10.3. The van der Waals surface area contributed by atoms with Crippen LogP contribution in [0.3, 0.4) is 0 Å². The van der Waals surface area contributed by atoms with Gasteiger partial charge in [-0.1, -0.05) is 0 Å². The molecule has 0 saturated heterocycles. The lowest BCUT2D eigenvalue weighted by Crippen LogP contribution is -2.40. The van der Waals surface area contributed by atoms with E-state index in [1.807, 2.05) is 0 Å². The maximum Gasteiger partial charge on any atom is 0.306 e. The minimum Gasteiger partial charge on any atom is -0.469 e. The average Bonchev–Trinajstić information content (AvgIpc) is 2.88. The summed E-state index contributed by atoms with van der Waals surface area (Å²) in [6.45, 7) is 1.72. The van der Waals surface area contributed by atoms with E-state index in [0.29, 0.717) is 5.76 Å². The van der Waals surface area contributed by atoms with Crippen LogP contribution in [0.5, 0.6) is 0 Å². The first-order valence-electron chi connectivity index (χ1n) is 5.70. The molecule has 1 N–H and O–H groups in total. The fourth-order valence-electron chi connectivity index (χ4n) is 1.38. The topological polar surface area (TPSA) is 88.8 Å². The minimum absolute atomic E-state index is 0.00302. The maximum absolute atomic E-state index is 12.0. The Morgan fingerprint density at radius 2 is 2.26 bits per heavy atom. The second kappa shape index (κ2) is 6.69. The number of furan rings is 1. The highest BCUT2D eigenvalue weighted by Crippen LogP contribution is 2.14. The van der Waals surface area contributed by atoms with Gasteiger partial charge in [-0.2, -0.15) is 17.4 Å². The highest BCUT2D eigenvalue weighted by molar-refractivity contribution is 7.87. The summed E-state index contributed by atoms with van der Waals surface area (Å²) in [4.78, 5) is 11.0. The van der Waals surface area contributed by atoms with Gasteiger partial charge in [-0.05, 0) is 19.1 Å². The third-order valence-electron chi connectivity index (χ3n) is 2.56. The van der Waals surface area contributed by atoms with Crippen LogP contribution in [0, 0.1) is 0 Å². The van der Waals surface area contributed by atoms with E-state index in [2.05, 4.69) is 9.46 Å². The molecule has 7 nitrogen and oxygen atoms in total. The van der Waals surface area contributed by atoms with E-state index < -0.39 is 22.2 Å². The smallest absolute Gasteiger partial charge is 0.306 e. The summed E-state index contributed by atoms with van der Waals surface area (Å²) in [5, 5.41) is 0. The molecule has 1 unspecified atom stereocenters. The molecule has 0 saturated carbocycles. The Morgan fingerprint density at radius 3 is 2.79 bits per heavy atom. The summed E-state index contributed by atoms with van der Waals surface area (Å²) >= 11 is 0. The van der Waals surface area contributed by atoms with Crippen molar-refractivity contribution < 1.29 is 22.4 Å². The number of ether oxygens (including phenoxy) is 1. The predicted octanol–water partition coefficient (Wildman–Crippen LogP) is 0.670. The summed E-state index contributed by atoms with van der Waals surface area (Å²) in [5.74, 6) is 0.0612. The molecule has 1 atom stereocenters. The molecule has 0 aliphatic carbocycles. The van der Waals surface area contributed by atoms with Crippen molar-refractivity contribution in [2.45, 2.75) is 19.4 Å². The average molecular weight is 290 g/mol. The van der Waals surface area contributed by atoms with Crippen LogP contribution in [0.2, 0.25) is 0 Å². The summed E-state index contributed by atoms with van der Waals surface area (Å²) in [7, 11) is -1.03. The number of nitrogens with one attached hydrogen (secondary N) is 1. The first-order chi connectivity index (χ1) is 8.86. The molecule has 0 aliphatic heterocycles. The van der Waals surface area contributed by atoms with Gasteiger partial charge in [-0.15, -0.1) is 0 Å². The molecule has 8 heteroatoms. The largest absolute Gasteiger partial charge is 0.469 e. The van der Waals surface area contributed by atoms with E-state index in [1.54, 1.807) is 19.1 Å². The molecule has 0 fully saturated rings. The number of carbonyl (C=O) groups is 1. The molecule has 1 heterocycles. The number of rotatable bonds is 7. The minimum atomic E-state index is -3.67. The Bertz CT molecular complexity index is 497. The zero-order chi connectivity index (χ0) is 14.5. The zero-order valence-corrected chi connectivity index (χ0v) is 11.9. The number of hydrogen-bond acceptors (Lipinski definition) is 5. The number of methoxy groups -OCH3 is 1. The molecule has 108 valence electrons. The highest BCUT2D eigenvalue weighted by atomic mass is 32.2. The van der Waals surface area contributed by atoms with Gasteiger partial charge in [-0.25, -0.2) is 0 Å². The van der Waals surface area contributed by atoms with Gasteiger partial charge in [0.25, 0.3) is 10.2 Å². The van der Waals surface area contributed by atoms with E-state index in [1.165, 1.54) is 20.4 Å². The highest BCUT2D eigenvalue weighted by Gasteiger charge is 2.22. The second-order valence-electron chi connectivity index (χ2n) is 4.01. The number of nitrogens with zero attached hydrogens (tertiary/aromatic N) is 1. The fourth-order valence-corrected chi connectivity index (χ4v) is 2.45. The van der Waals surface area contributed by atoms with Crippen molar-refractivity contribution >= 4 is 16.2 Å². The van der Waals surface area contributed by atoms with Gasteiger partial charge in [0, 0.05) is 13.6 Å². The van der Waals surface area contributed by atoms with Crippen LogP contribution in [-0.4, -0.2) is 39.4 Å². The van der Waals surface area contributed by atoms with Crippen molar-refractivity contribution in [1.82, 2.24) is 9.03 Å². The quantitative estimate of drug-likeness (QED) is 0.746. The Kier molecular flexibility index (Phi) is 5.52. The van der Waals surface area contributed by atoms with Crippen LogP contribution in [0.4, 0.5) is 0 Å². The van der Waals surface area contributed by atoms with Gasteiger partial charge in [-0.3, -0.25) is 4.79 Å². The third-order valence-corrected chi connectivity index (χ3v) is 4.22. The molecule has 0 amide bonds. The zero-order valence-electron chi connectivity index (χ0n) is 11.1. The molecule has 0 spiro atoms. The van der Waals surface area contributed by atoms with Gasteiger partial charge in [0.15, 0.2) is 0 Å². The standard InChI is InChI=1S/C11H18N2O5S/c1-9(10-5-4-8-18-10)12-19(15,16)13(2)7-6-11(14)17-3/h4-5,8-9,12H,6-7H2,1-3H3. The molecular formula is C11H18N2O5S. The lowest BCUT2D eigenvalue weighted by Gasteiger charge is -2.19. The fraction of sp³-hybridized carbons (Fsp3) is 0.545. The molecule has 0 aromatic carbocycles. The van der Waals surface area contributed by atoms with Gasteiger partial charge >= 0.3 is 5.97 Å². The molecule has 1 aromatic rings. The number of carbonyl (C=O) groups excluding carboxylic acids is 1. The molecule has 0 aliphatic rings. The maximum atomic E-state index is 12.0. The molecule has 0 radical (unpaired) electrons. The molecule has 1 rings (SSSR count). The van der Waals surface area contributed by atoms with E-state index in [4.69, 9.17) is 4.42 Å². The molecular weight excluding hydrogens is 272 g/mol. The Hall–Kier alpha value is -1.38. The predicted molar refractivity (Wildman–Crippen MR) is 68.4 cm³/mol. The van der Waals surface area contributed by atoms with Gasteiger partial charge in [0.2, 0.25) is 0 Å². The van der Waals surface area contributed by atoms with Gasteiger partial charge in [0.1, 0.15) is 5.76 Å². The van der Waals surface area contributed by atoms with Crippen LogP contribution in [0.15, 0.2) is 22.8 Å². The first kappa shape index (κ1) is 15.7. The van der Waals surface area contributed by atoms with Crippen LogP contribution in [-0.2, 0) is 19.7 Å². The Labute approximate surface area is 112 Å². The van der Waals surface area contributed by atoms with E-state index >= 15 is 0 Å². The van der Waals surface area contributed by atoms with Crippen molar-refractivity contribution in [3.8, 4) is 0 Å². The van der Waals surface area contributed by atoms with Gasteiger partial charge in [0.05, 0.1) is 25.8 Å². The van der Waals surface area contributed by atoms with Crippen LogP contribution in [0.25, 0.3) is 0 Å². The lowest BCUT2D eigenvalue weighted by molar-refractivity contribution is -0.140. The third kappa shape index (κ3) is 4.66. The summed E-state index contributed by atoms with van der Waals surface area (Å²) < 4.78 is 37.0. The van der Waals surface area contributed by atoms with Crippen LogP contribution < -0.4 is 4.72 Å². The SMILES string of the molecule is COC(=O)CCN(C)S(=O)(=O)NC(C)c1ccco1. The van der Waals surface area contributed by atoms with E-state index in [9.17, 15) is 13.2 Å². The Morgan fingerprint density at radius 1 is 1.58 bits per heavy atom. The van der Waals surface area contributed by atoms with Gasteiger partial charge < -0.3 is 9.15 Å². The van der Waals surface area contributed by atoms with Crippen molar-refractivity contribution in [2.24, 2.45) is 0 Å². The summed E-state index contributed by atoms with van der Waals surface area (Å²) in [6.07, 6.45) is 1.48. The molecule has 19 heavy (non-hydrogen) atoms. The van der Waals surface area contributed by atoms with Crippen molar-refractivity contribution in [3.63, 3.8) is 0 Å². The number of hydrogen-bond donors (Lipinski definition) is 1. The molecule has 1 aromatic heterocycles.